The lowest BCUT2D eigenvalue weighted by atomic mass is 10.1. The number of ether oxygens (including phenoxy) is 1. The standard InChI is InChI=1S/C18H26N4O3S/c1-3-5-8-13-9-7-10-21(13)18-20-22-14(16(24)25-11-6-4-2)12-15(23)19-17(22)26-18/h12-13H,3-11H2,1-2H3. The van der Waals surface area contributed by atoms with Crippen molar-refractivity contribution >= 4 is 27.4 Å². The Morgan fingerprint density at radius 3 is 2.92 bits per heavy atom. The zero-order valence-corrected chi connectivity index (χ0v) is 16.3. The van der Waals surface area contributed by atoms with Crippen molar-refractivity contribution in [2.24, 2.45) is 0 Å². The average molecular weight is 378 g/mol. The number of unbranched alkanes of at least 4 members (excludes halogenated alkanes) is 2. The average Bonchev–Trinajstić information content (AvgIpc) is 3.25. The molecule has 0 bridgehead atoms. The highest BCUT2D eigenvalue weighted by Gasteiger charge is 2.28. The number of carbonyl (C=O) groups is 1. The number of aromatic nitrogens is 3. The third-order valence-electron chi connectivity index (χ3n) is 4.70. The monoisotopic (exact) mass is 378 g/mol. The molecule has 7 nitrogen and oxygen atoms in total. The first-order chi connectivity index (χ1) is 12.6. The third-order valence-corrected chi connectivity index (χ3v) is 5.64. The molecule has 1 saturated heterocycles. The van der Waals surface area contributed by atoms with E-state index >= 15 is 0 Å². The lowest BCUT2D eigenvalue weighted by molar-refractivity contribution is 0.0489. The lowest BCUT2D eigenvalue weighted by Crippen LogP contribution is -2.29. The molecular formula is C18H26N4O3S. The molecule has 1 unspecified atom stereocenters. The van der Waals surface area contributed by atoms with E-state index in [2.05, 4.69) is 21.9 Å². The van der Waals surface area contributed by atoms with Crippen LogP contribution in [-0.4, -0.2) is 39.8 Å². The number of hydrogen-bond donors (Lipinski definition) is 0. The van der Waals surface area contributed by atoms with E-state index in [1.807, 2.05) is 6.92 Å². The highest BCUT2D eigenvalue weighted by molar-refractivity contribution is 7.20. The first-order valence-electron chi connectivity index (χ1n) is 9.48. The van der Waals surface area contributed by atoms with E-state index in [9.17, 15) is 9.59 Å². The predicted octanol–water partition coefficient (Wildman–Crippen LogP) is 3.27. The molecule has 0 aromatic carbocycles. The Balaban J connectivity index is 1.89. The largest absolute Gasteiger partial charge is 0.461 e. The van der Waals surface area contributed by atoms with Gasteiger partial charge in [0.05, 0.1) is 6.61 Å². The van der Waals surface area contributed by atoms with Gasteiger partial charge in [0.25, 0.3) is 5.56 Å². The number of nitrogens with zero attached hydrogens (tertiary/aromatic N) is 4. The minimum Gasteiger partial charge on any atom is -0.461 e. The van der Waals surface area contributed by atoms with Gasteiger partial charge in [-0.05, 0) is 25.7 Å². The molecular weight excluding hydrogens is 352 g/mol. The van der Waals surface area contributed by atoms with E-state index in [4.69, 9.17) is 4.74 Å². The summed E-state index contributed by atoms with van der Waals surface area (Å²) in [6.45, 7) is 5.52. The number of fused-ring (bicyclic) bond motifs is 1. The highest BCUT2D eigenvalue weighted by Crippen LogP contribution is 2.31. The Hall–Kier alpha value is -1.96. The van der Waals surface area contributed by atoms with Crippen LogP contribution in [0.4, 0.5) is 5.13 Å². The molecule has 0 N–H and O–H groups in total. The molecule has 2 aromatic heterocycles. The first kappa shape index (κ1) is 18.8. The summed E-state index contributed by atoms with van der Waals surface area (Å²) in [5.41, 5.74) is -0.283. The first-order valence-corrected chi connectivity index (χ1v) is 10.3. The molecule has 2 aromatic rings. The van der Waals surface area contributed by atoms with Gasteiger partial charge in [-0.25, -0.2) is 4.79 Å². The van der Waals surface area contributed by atoms with E-state index in [1.54, 1.807) is 0 Å². The summed E-state index contributed by atoms with van der Waals surface area (Å²) >= 11 is 1.36. The fourth-order valence-corrected chi connectivity index (χ4v) is 4.28. The predicted molar refractivity (Wildman–Crippen MR) is 102 cm³/mol. The van der Waals surface area contributed by atoms with Crippen LogP contribution in [0.2, 0.25) is 0 Å². The number of anilines is 1. The summed E-state index contributed by atoms with van der Waals surface area (Å²) in [4.78, 5) is 31.0. The summed E-state index contributed by atoms with van der Waals surface area (Å²) in [6, 6.07) is 1.69. The smallest absolute Gasteiger partial charge is 0.357 e. The molecule has 0 spiro atoms. The summed E-state index contributed by atoms with van der Waals surface area (Å²) in [5, 5.41) is 5.43. The van der Waals surface area contributed by atoms with Gasteiger partial charge in [-0.15, -0.1) is 5.10 Å². The topological polar surface area (TPSA) is 76.8 Å². The van der Waals surface area contributed by atoms with Gasteiger partial charge in [-0.2, -0.15) is 9.50 Å². The van der Waals surface area contributed by atoms with Crippen molar-refractivity contribution < 1.29 is 9.53 Å². The minimum atomic E-state index is -0.520. The lowest BCUT2D eigenvalue weighted by Gasteiger charge is -2.23. The van der Waals surface area contributed by atoms with Crippen LogP contribution in [-0.2, 0) is 4.74 Å². The minimum absolute atomic E-state index is 0.155. The van der Waals surface area contributed by atoms with Crippen molar-refractivity contribution in [3.8, 4) is 0 Å². The SMILES string of the molecule is CCCCOC(=O)c1cc(=O)nc2sc(N3CCCC3CCCC)nn12. The van der Waals surface area contributed by atoms with Crippen molar-refractivity contribution in [2.45, 2.75) is 64.8 Å². The number of carbonyl (C=O) groups excluding carboxylic acids is 1. The quantitative estimate of drug-likeness (QED) is 0.518. The van der Waals surface area contributed by atoms with Crippen molar-refractivity contribution in [1.29, 1.82) is 0 Å². The molecule has 0 saturated carbocycles. The third kappa shape index (κ3) is 4.06. The second-order valence-electron chi connectivity index (χ2n) is 6.68. The van der Waals surface area contributed by atoms with E-state index in [-0.39, 0.29) is 5.69 Å². The summed E-state index contributed by atoms with van der Waals surface area (Å²) in [6.07, 6.45) is 7.54. The van der Waals surface area contributed by atoms with Crippen LogP contribution < -0.4 is 10.5 Å². The van der Waals surface area contributed by atoms with Crippen molar-refractivity contribution in [3.05, 3.63) is 22.1 Å². The van der Waals surface area contributed by atoms with Crippen LogP contribution in [0.3, 0.4) is 0 Å². The summed E-state index contributed by atoms with van der Waals surface area (Å²) in [5.74, 6) is -0.520. The van der Waals surface area contributed by atoms with Crippen LogP contribution in [0.25, 0.3) is 4.96 Å². The summed E-state index contributed by atoms with van der Waals surface area (Å²) < 4.78 is 6.73. The molecule has 3 rings (SSSR count). The number of rotatable bonds is 8. The number of esters is 1. The van der Waals surface area contributed by atoms with Gasteiger partial charge in [-0.3, -0.25) is 4.79 Å². The fraction of sp³-hybridized carbons (Fsp3) is 0.667. The molecule has 142 valence electrons. The maximum atomic E-state index is 12.4. The van der Waals surface area contributed by atoms with Crippen LogP contribution in [0.5, 0.6) is 0 Å². The second kappa shape index (κ2) is 8.62. The normalized spacial score (nSPS) is 17.2. The molecule has 8 heteroatoms. The van der Waals surface area contributed by atoms with Gasteiger partial charge in [-0.1, -0.05) is 44.4 Å². The molecule has 1 aliphatic heterocycles. The summed E-state index contributed by atoms with van der Waals surface area (Å²) in [7, 11) is 0. The molecule has 0 amide bonds. The zero-order chi connectivity index (χ0) is 18.5. The fourth-order valence-electron chi connectivity index (χ4n) is 3.28. The Morgan fingerprint density at radius 2 is 2.15 bits per heavy atom. The van der Waals surface area contributed by atoms with E-state index in [0.717, 1.165) is 43.8 Å². The molecule has 0 aliphatic carbocycles. The van der Waals surface area contributed by atoms with Crippen molar-refractivity contribution in [1.82, 2.24) is 14.6 Å². The van der Waals surface area contributed by atoms with Gasteiger partial charge in [0, 0.05) is 18.7 Å². The molecule has 1 fully saturated rings. The Labute approximate surface area is 157 Å². The van der Waals surface area contributed by atoms with Gasteiger partial charge in [0.2, 0.25) is 10.1 Å². The van der Waals surface area contributed by atoms with E-state index in [1.165, 1.54) is 34.8 Å². The van der Waals surface area contributed by atoms with E-state index < -0.39 is 11.5 Å². The second-order valence-corrected chi connectivity index (χ2v) is 7.61. The van der Waals surface area contributed by atoms with E-state index in [0.29, 0.717) is 17.6 Å². The Morgan fingerprint density at radius 1 is 1.35 bits per heavy atom. The Bertz CT molecular complexity index is 816. The molecule has 1 aliphatic rings. The van der Waals surface area contributed by atoms with Crippen LogP contribution in [0.1, 0.15) is 69.3 Å². The van der Waals surface area contributed by atoms with Gasteiger partial charge < -0.3 is 9.64 Å². The zero-order valence-electron chi connectivity index (χ0n) is 15.4. The molecule has 26 heavy (non-hydrogen) atoms. The molecule has 1 atom stereocenters. The van der Waals surface area contributed by atoms with Gasteiger partial charge >= 0.3 is 5.97 Å². The van der Waals surface area contributed by atoms with Crippen LogP contribution in [0, 0.1) is 0 Å². The van der Waals surface area contributed by atoms with Crippen molar-refractivity contribution in [2.75, 3.05) is 18.1 Å². The maximum Gasteiger partial charge on any atom is 0.357 e. The van der Waals surface area contributed by atoms with Gasteiger partial charge in [0.1, 0.15) is 0 Å². The Kier molecular flexibility index (Phi) is 6.24. The number of hydrogen-bond acceptors (Lipinski definition) is 7. The van der Waals surface area contributed by atoms with Gasteiger partial charge in [0.15, 0.2) is 5.69 Å². The maximum absolute atomic E-state index is 12.4. The van der Waals surface area contributed by atoms with Crippen LogP contribution in [0.15, 0.2) is 10.9 Å². The highest BCUT2D eigenvalue weighted by atomic mass is 32.1. The molecule has 3 heterocycles. The van der Waals surface area contributed by atoms with Crippen molar-refractivity contribution in [3.63, 3.8) is 0 Å². The van der Waals surface area contributed by atoms with Crippen LogP contribution >= 0.6 is 11.3 Å². The molecule has 0 radical (unpaired) electrons.